The zero-order valence-electron chi connectivity index (χ0n) is 11.7. The lowest BCUT2D eigenvalue weighted by Gasteiger charge is -2.05. The predicted molar refractivity (Wildman–Crippen MR) is 81.5 cm³/mol. The third-order valence-corrected chi connectivity index (χ3v) is 3.60. The second-order valence-corrected chi connectivity index (χ2v) is 4.96. The molecule has 1 aromatic heterocycles. The molecule has 4 heteroatoms. The van der Waals surface area contributed by atoms with Gasteiger partial charge in [-0.1, -0.05) is 48.5 Å². The number of para-hydroxylation sites is 1. The molecule has 106 valence electrons. The summed E-state index contributed by atoms with van der Waals surface area (Å²) in [7, 11) is 0. The van der Waals surface area contributed by atoms with E-state index < -0.39 is 0 Å². The maximum Gasteiger partial charge on any atom is 0.254 e. The summed E-state index contributed by atoms with van der Waals surface area (Å²) in [4.78, 5) is 12.4. The average molecular weight is 280 g/mol. The molecule has 2 aromatic carbocycles. The molecule has 3 aromatic rings. The highest BCUT2D eigenvalue weighted by atomic mass is 16.5. The topological polar surface area (TPSA) is 54.3 Å². The van der Waals surface area contributed by atoms with Gasteiger partial charge in [0.15, 0.2) is 0 Å². The van der Waals surface area contributed by atoms with Gasteiger partial charge < -0.3 is 10.5 Å². The molecule has 0 saturated heterocycles. The lowest BCUT2D eigenvalue weighted by atomic mass is 10.1. The molecule has 0 aliphatic carbocycles. The van der Waals surface area contributed by atoms with Crippen LogP contribution < -0.4 is 5.32 Å². The van der Waals surface area contributed by atoms with Crippen LogP contribution in [-0.2, 0) is 6.54 Å². The van der Waals surface area contributed by atoms with Crippen molar-refractivity contribution in [2.45, 2.75) is 13.5 Å². The Hall–Kier alpha value is -2.75. The number of hydrogen-bond donors (Lipinski definition) is 2. The molecule has 3 rings (SSSR count). The third kappa shape index (κ3) is 2.36. The first-order valence-electron chi connectivity index (χ1n) is 6.80. The summed E-state index contributed by atoms with van der Waals surface area (Å²) < 4.78 is 1.06. The Bertz CT molecular complexity index is 791. The first-order chi connectivity index (χ1) is 10.2. The van der Waals surface area contributed by atoms with E-state index in [0.29, 0.717) is 23.3 Å². The molecule has 0 spiro atoms. The van der Waals surface area contributed by atoms with Crippen LogP contribution in [-0.4, -0.2) is 15.8 Å². The Labute approximate surface area is 122 Å². The molecule has 4 nitrogen and oxygen atoms in total. The molecule has 1 heterocycles. The fraction of sp³-hybridized carbons (Fsp3) is 0.118. The van der Waals surface area contributed by atoms with E-state index >= 15 is 0 Å². The zero-order valence-corrected chi connectivity index (χ0v) is 11.7. The standard InChI is InChI=1S/C17H16N2O2/c1-12-16(14-9-5-6-10-15(14)19(12)21)17(20)18-11-13-7-3-2-4-8-13/h2-10,21H,11H2,1H3,(H,18,20). The summed E-state index contributed by atoms with van der Waals surface area (Å²) in [6.07, 6.45) is 0. The quantitative estimate of drug-likeness (QED) is 0.724. The number of carbonyl (C=O) groups is 1. The number of amides is 1. The number of fused-ring (bicyclic) bond motifs is 1. The minimum atomic E-state index is -0.180. The number of rotatable bonds is 3. The van der Waals surface area contributed by atoms with E-state index in [1.54, 1.807) is 13.0 Å². The molecule has 0 aliphatic rings. The van der Waals surface area contributed by atoms with E-state index in [-0.39, 0.29) is 5.91 Å². The van der Waals surface area contributed by atoms with E-state index in [4.69, 9.17) is 0 Å². The van der Waals surface area contributed by atoms with Crippen molar-refractivity contribution in [2.75, 3.05) is 0 Å². The number of carbonyl (C=O) groups excluding carboxylic acids is 1. The molecule has 1 amide bonds. The van der Waals surface area contributed by atoms with Crippen LogP contribution in [0.25, 0.3) is 10.9 Å². The molecule has 0 unspecified atom stereocenters. The van der Waals surface area contributed by atoms with E-state index in [1.807, 2.05) is 48.5 Å². The zero-order chi connectivity index (χ0) is 14.8. The Balaban J connectivity index is 1.90. The molecule has 0 bridgehead atoms. The maximum absolute atomic E-state index is 12.4. The summed E-state index contributed by atoms with van der Waals surface area (Å²) in [5, 5.41) is 13.7. The van der Waals surface area contributed by atoms with Crippen LogP contribution in [0, 0.1) is 6.92 Å². The van der Waals surface area contributed by atoms with Crippen LogP contribution >= 0.6 is 0 Å². The average Bonchev–Trinajstić information content (AvgIpc) is 2.78. The van der Waals surface area contributed by atoms with Crippen LogP contribution in [0.15, 0.2) is 54.6 Å². The van der Waals surface area contributed by atoms with Crippen molar-refractivity contribution in [1.82, 2.24) is 10.0 Å². The van der Waals surface area contributed by atoms with Crippen molar-refractivity contribution in [3.05, 3.63) is 71.4 Å². The van der Waals surface area contributed by atoms with Gasteiger partial charge in [0.05, 0.1) is 16.8 Å². The minimum absolute atomic E-state index is 0.180. The lowest BCUT2D eigenvalue weighted by Crippen LogP contribution is -2.23. The number of aromatic nitrogens is 1. The summed E-state index contributed by atoms with van der Waals surface area (Å²) in [6, 6.07) is 17.1. The van der Waals surface area contributed by atoms with Crippen molar-refractivity contribution in [1.29, 1.82) is 0 Å². The van der Waals surface area contributed by atoms with Gasteiger partial charge in [0, 0.05) is 11.9 Å². The van der Waals surface area contributed by atoms with E-state index in [2.05, 4.69) is 5.32 Å². The van der Waals surface area contributed by atoms with Crippen LogP contribution in [0.2, 0.25) is 0 Å². The molecule has 0 radical (unpaired) electrons. The normalized spacial score (nSPS) is 10.7. The van der Waals surface area contributed by atoms with E-state index in [0.717, 1.165) is 15.7 Å². The van der Waals surface area contributed by atoms with Gasteiger partial charge in [-0.25, -0.2) is 0 Å². The van der Waals surface area contributed by atoms with Gasteiger partial charge in [0.1, 0.15) is 0 Å². The highest BCUT2D eigenvalue weighted by Crippen LogP contribution is 2.24. The third-order valence-electron chi connectivity index (χ3n) is 3.60. The summed E-state index contributed by atoms with van der Waals surface area (Å²) in [6.45, 7) is 2.20. The molecule has 0 saturated carbocycles. The van der Waals surface area contributed by atoms with Gasteiger partial charge in [-0.2, -0.15) is 4.73 Å². The van der Waals surface area contributed by atoms with Gasteiger partial charge >= 0.3 is 0 Å². The monoisotopic (exact) mass is 280 g/mol. The van der Waals surface area contributed by atoms with Crippen molar-refractivity contribution in [2.24, 2.45) is 0 Å². The van der Waals surface area contributed by atoms with Crippen molar-refractivity contribution < 1.29 is 10.0 Å². The number of benzene rings is 2. The number of hydrogen-bond acceptors (Lipinski definition) is 2. The maximum atomic E-state index is 12.4. The molecule has 2 N–H and O–H groups in total. The largest absolute Gasteiger partial charge is 0.428 e. The smallest absolute Gasteiger partial charge is 0.254 e. The number of nitrogens with zero attached hydrogens (tertiary/aromatic N) is 1. The number of nitrogens with one attached hydrogen (secondary N) is 1. The van der Waals surface area contributed by atoms with E-state index in [9.17, 15) is 10.0 Å². The Morgan fingerprint density at radius 1 is 1.10 bits per heavy atom. The van der Waals surface area contributed by atoms with Crippen LogP contribution in [0.3, 0.4) is 0 Å². The fourth-order valence-corrected chi connectivity index (χ4v) is 2.50. The van der Waals surface area contributed by atoms with Gasteiger partial charge in [0.2, 0.25) is 0 Å². The second kappa shape index (κ2) is 5.32. The Kier molecular flexibility index (Phi) is 3.36. The van der Waals surface area contributed by atoms with E-state index in [1.165, 1.54) is 0 Å². The second-order valence-electron chi connectivity index (χ2n) is 4.96. The Morgan fingerprint density at radius 3 is 2.52 bits per heavy atom. The summed E-state index contributed by atoms with van der Waals surface area (Å²) in [5.41, 5.74) is 2.74. The van der Waals surface area contributed by atoms with Gasteiger partial charge in [0.25, 0.3) is 5.91 Å². The van der Waals surface area contributed by atoms with Crippen molar-refractivity contribution in [3.63, 3.8) is 0 Å². The molecule has 0 aliphatic heterocycles. The van der Waals surface area contributed by atoms with Crippen molar-refractivity contribution in [3.8, 4) is 0 Å². The van der Waals surface area contributed by atoms with Gasteiger partial charge in [-0.15, -0.1) is 0 Å². The van der Waals surface area contributed by atoms with Crippen LogP contribution in [0.4, 0.5) is 0 Å². The Morgan fingerprint density at radius 2 is 1.76 bits per heavy atom. The molecule has 0 atom stereocenters. The first-order valence-corrected chi connectivity index (χ1v) is 6.80. The molecular weight excluding hydrogens is 264 g/mol. The molecule has 0 fully saturated rings. The molecule has 21 heavy (non-hydrogen) atoms. The van der Waals surface area contributed by atoms with Crippen molar-refractivity contribution >= 4 is 16.8 Å². The minimum Gasteiger partial charge on any atom is -0.428 e. The predicted octanol–water partition coefficient (Wildman–Crippen LogP) is 3.12. The van der Waals surface area contributed by atoms with Gasteiger partial charge in [-0.05, 0) is 18.6 Å². The lowest BCUT2D eigenvalue weighted by molar-refractivity contribution is 0.0948. The van der Waals surface area contributed by atoms with Gasteiger partial charge in [-0.3, -0.25) is 4.79 Å². The van der Waals surface area contributed by atoms with Crippen LogP contribution in [0.1, 0.15) is 21.6 Å². The highest BCUT2D eigenvalue weighted by Gasteiger charge is 2.19. The molecular formula is C17H16N2O2. The summed E-state index contributed by atoms with van der Waals surface area (Å²) >= 11 is 0. The highest BCUT2D eigenvalue weighted by molar-refractivity contribution is 6.08. The SMILES string of the molecule is Cc1c(C(=O)NCc2ccccc2)c2ccccc2n1O. The first kappa shape index (κ1) is 13.2. The van der Waals surface area contributed by atoms with Crippen LogP contribution in [0.5, 0.6) is 0 Å². The fourth-order valence-electron chi connectivity index (χ4n) is 2.50. The summed E-state index contributed by atoms with van der Waals surface area (Å²) in [5.74, 6) is -0.180.